The van der Waals surface area contributed by atoms with Crippen LogP contribution in [0.25, 0.3) is 0 Å². The zero-order chi connectivity index (χ0) is 9.19. The molecule has 1 nitrogen and oxygen atoms in total. The van der Waals surface area contributed by atoms with Crippen LogP contribution in [0.4, 0.5) is 0 Å². The molecule has 1 aliphatic rings. The van der Waals surface area contributed by atoms with E-state index in [1.807, 2.05) is 0 Å². The van der Waals surface area contributed by atoms with Gasteiger partial charge in [-0.2, -0.15) is 0 Å². The van der Waals surface area contributed by atoms with Crippen LogP contribution in [0.1, 0.15) is 13.8 Å². The van der Waals surface area contributed by atoms with Gasteiger partial charge in [-0.15, -0.1) is 0 Å². The molecule has 2 N–H and O–H groups in total. The number of allylic oxidation sites excluding steroid dienone is 6. The first kappa shape index (κ1) is 10.1. The third-order valence-electron chi connectivity index (χ3n) is 1.99. The molecule has 1 aliphatic carbocycles. The molecule has 0 atom stereocenters. The van der Waals surface area contributed by atoms with E-state index in [2.05, 4.69) is 48.9 Å². The summed E-state index contributed by atoms with van der Waals surface area (Å²) >= 11 is -1.77. The van der Waals surface area contributed by atoms with Gasteiger partial charge in [0.2, 0.25) is 0 Å². The second-order valence-electron chi connectivity index (χ2n) is 3.97. The number of rotatable bonds is 1. The van der Waals surface area contributed by atoms with Crippen molar-refractivity contribution < 1.29 is 0 Å². The monoisotopic (exact) mass is 265 g/mol. The Kier molecular flexibility index (Phi) is 3.24. The summed E-state index contributed by atoms with van der Waals surface area (Å²) in [5.74, 6) is 0. The summed E-state index contributed by atoms with van der Waals surface area (Å²) in [7, 11) is 0. The van der Waals surface area contributed by atoms with Crippen molar-refractivity contribution in [3.63, 3.8) is 0 Å². The van der Waals surface area contributed by atoms with Crippen molar-refractivity contribution in [2.45, 2.75) is 18.5 Å². The van der Waals surface area contributed by atoms with Crippen LogP contribution >= 0.6 is 0 Å². The Morgan fingerprint density at radius 3 is 2.58 bits per heavy atom. The van der Waals surface area contributed by atoms with E-state index in [9.17, 15) is 0 Å². The van der Waals surface area contributed by atoms with Crippen LogP contribution in [0.3, 0.4) is 0 Å². The maximum atomic E-state index is 6.02. The van der Waals surface area contributed by atoms with Crippen molar-refractivity contribution in [3.05, 3.63) is 33.7 Å². The zero-order valence-corrected chi connectivity index (χ0v) is 11.3. The molecule has 0 aliphatic heterocycles. The van der Waals surface area contributed by atoms with Gasteiger partial charge in [0.05, 0.1) is 0 Å². The zero-order valence-electron chi connectivity index (χ0n) is 8.04. The van der Waals surface area contributed by atoms with Crippen LogP contribution in [0.5, 0.6) is 0 Å². The van der Waals surface area contributed by atoms with E-state index in [0.717, 1.165) is 0 Å². The Hall–Kier alpha value is 0.0501. The van der Waals surface area contributed by atoms with Crippen molar-refractivity contribution in [3.8, 4) is 0 Å². The van der Waals surface area contributed by atoms with Crippen LogP contribution in [0.2, 0.25) is 4.68 Å². The van der Waals surface area contributed by atoms with Crippen molar-refractivity contribution >= 4 is 21.7 Å². The van der Waals surface area contributed by atoms with Gasteiger partial charge >= 0.3 is 83.1 Å². The van der Waals surface area contributed by atoms with Gasteiger partial charge in [-0.1, -0.05) is 0 Å². The van der Waals surface area contributed by atoms with Gasteiger partial charge in [-0.3, -0.25) is 0 Å². The van der Waals surface area contributed by atoms with Crippen LogP contribution in [-0.4, -0.2) is 21.7 Å². The van der Waals surface area contributed by atoms with Crippen LogP contribution in [0, 0.1) is 5.41 Å². The van der Waals surface area contributed by atoms with Crippen molar-refractivity contribution in [1.82, 2.24) is 0 Å². The predicted molar refractivity (Wildman–Crippen MR) is 55.9 cm³/mol. The van der Waals surface area contributed by atoms with Gasteiger partial charge in [0.15, 0.2) is 0 Å². The van der Waals surface area contributed by atoms with Gasteiger partial charge in [-0.25, -0.2) is 0 Å². The van der Waals surface area contributed by atoms with Crippen LogP contribution in [-0.2, 0) is 0 Å². The molecular weight excluding hydrogens is 249 g/mol. The molecule has 0 fully saturated rings. The molecule has 0 saturated heterocycles. The normalized spacial score (nSPS) is 20.2. The quantitative estimate of drug-likeness (QED) is 0.772. The maximum absolute atomic E-state index is 6.02. The molecule has 0 radical (unpaired) electrons. The molecule has 64 valence electrons. The molecule has 0 aromatic carbocycles. The SMILES string of the molecule is [CH3][In]([NH2])[C]1=CC(C)(C)C=CC=C1. The number of hydrogen-bond acceptors (Lipinski definition) is 1. The minimum absolute atomic E-state index is 0.184. The second-order valence-corrected chi connectivity index (χ2v) is 10.4. The standard InChI is InChI=1S/C9H11.CH3.In.H2N/c1-9(2)7-5-3-4-6-8-9;;;/h3-5,7-8H,1-2H3;1H3;;1H2/q;;+1;-1. The fourth-order valence-electron chi connectivity index (χ4n) is 1.28. The first-order valence-electron chi connectivity index (χ1n) is 4.35. The minimum atomic E-state index is -1.77. The Morgan fingerprint density at radius 2 is 2.00 bits per heavy atom. The first-order valence-corrected chi connectivity index (χ1v) is 11.2. The first-order chi connectivity index (χ1) is 5.51. The van der Waals surface area contributed by atoms with E-state index in [1.54, 1.807) is 0 Å². The number of hydrogen-bond donors (Lipinski definition) is 1. The molecule has 0 spiro atoms. The molecule has 0 bridgehead atoms. The van der Waals surface area contributed by atoms with Crippen molar-refractivity contribution in [2.24, 2.45) is 9.14 Å². The Morgan fingerprint density at radius 1 is 1.33 bits per heavy atom. The van der Waals surface area contributed by atoms with Crippen molar-refractivity contribution in [1.29, 1.82) is 0 Å². The topological polar surface area (TPSA) is 26.0 Å². The van der Waals surface area contributed by atoms with E-state index < -0.39 is 21.7 Å². The van der Waals surface area contributed by atoms with Gasteiger partial charge < -0.3 is 0 Å². The Labute approximate surface area is 83.0 Å². The summed E-state index contributed by atoms with van der Waals surface area (Å²) in [4.78, 5) is 0. The molecule has 0 aromatic heterocycles. The summed E-state index contributed by atoms with van der Waals surface area (Å²) in [6, 6.07) is 0. The molecule has 0 aromatic rings. The average molecular weight is 265 g/mol. The summed E-state index contributed by atoms with van der Waals surface area (Å²) in [5.41, 5.74) is 0.184. The van der Waals surface area contributed by atoms with E-state index in [1.165, 1.54) is 3.33 Å². The van der Waals surface area contributed by atoms with E-state index >= 15 is 0 Å². The fourth-order valence-corrected chi connectivity index (χ4v) is 4.44. The summed E-state index contributed by atoms with van der Waals surface area (Å²) in [6.45, 7) is 4.43. The Bertz CT molecular complexity index is 247. The molecule has 0 saturated carbocycles. The molecule has 0 amide bonds. The summed E-state index contributed by atoms with van der Waals surface area (Å²) in [6.07, 6.45) is 10.9. The van der Waals surface area contributed by atoms with Gasteiger partial charge in [-0.05, 0) is 0 Å². The van der Waals surface area contributed by atoms with E-state index in [0.29, 0.717) is 0 Å². The van der Waals surface area contributed by atoms with E-state index in [-0.39, 0.29) is 5.41 Å². The molecular formula is C10H16InN. The van der Waals surface area contributed by atoms with E-state index in [4.69, 9.17) is 3.72 Å². The van der Waals surface area contributed by atoms with Gasteiger partial charge in [0.1, 0.15) is 0 Å². The van der Waals surface area contributed by atoms with Gasteiger partial charge in [0, 0.05) is 0 Å². The van der Waals surface area contributed by atoms with Gasteiger partial charge in [0.25, 0.3) is 0 Å². The summed E-state index contributed by atoms with van der Waals surface area (Å²) in [5, 5.41) is 0. The second kappa shape index (κ2) is 3.84. The molecule has 0 heterocycles. The van der Waals surface area contributed by atoms with Crippen LogP contribution < -0.4 is 3.72 Å². The third kappa shape index (κ3) is 2.83. The fraction of sp³-hybridized carbons (Fsp3) is 0.400. The van der Waals surface area contributed by atoms with Crippen LogP contribution in [0.15, 0.2) is 33.7 Å². The average Bonchev–Trinajstić information content (AvgIpc) is 2.10. The number of nitrogens with two attached hydrogens (primary N) is 1. The third-order valence-corrected chi connectivity index (χ3v) is 6.02. The molecule has 0 unspecified atom stereocenters. The Balaban J connectivity index is 2.95. The summed E-state index contributed by atoms with van der Waals surface area (Å²) < 4.78 is 9.66. The molecule has 2 heteroatoms. The van der Waals surface area contributed by atoms with Crippen molar-refractivity contribution in [2.75, 3.05) is 0 Å². The predicted octanol–water partition coefficient (Wildman–Crippen LogP) is 2.18. The molecule has 1 rings (SSSR count). The molecule has 12 heavy (non-hydrogen) atoms.